The van der Waals surface area contributed by atoms with Crippen LogP contribution in [0, 0.1) is 0 Å². The van der Waals surface area contributed by atoms with Crippen molar-refractivity contribution < 1.29 is 14.7 Å². The molecule has 1 aromatic heterocycles. The molecule has 2 aliphatic heterocycles. The molecule has 2 aliphatic rings. The van der Waals surface area contributed by atoms with E-state index in [1.54, 1.807) is 11.3 Å². The number of carbonyl (C=O) groups is 2. The van der Waals surface area contributed by atoms with Gasteiger partial charge >= 0.3 is 5.97 Å². The average Bonchev–Trinajstić information content (AvgIpc) is 3.01. The minimum Gasteiger partial charge on any atom is -0.477 e. The van der Waals surface area contributed by atoms with Crippen LogP contribution < -0.4 is 5.73 Å². The molecule has 24 heavy (non-hydrogen) atoms. The molecule has 0 bridgehead atoms. The number of thiazole rings is 1. The third-order valence-electron chi connectivity index (χ3n) is 3.94. The summed E-state index contributed by atoms with van der Waals surface area (Å²) in [6.07, 6.45) is 0. The van der Waals surface area contributed by atoms with Crippen molar-refractivity contribution in [2.75, 3.05) is 11.5 Å². The lowest BCUT2D eigenvalue weighted by Crippen LogP contribution is -2.68. The van der Waals surface area contributed by atoms with Crippen LogP contribution in [0.2, 0.25) is 0 Å². The Bertz CT molecular complexity index is 846. The Morgan fingerprint density at radius 1 is 1.46 bits per heavy atom. The van der Waals surface area contributed by atoms with Crippen molar-refractivity contribution >= 4 is 57.0 Å². The number of amides is 1. The van der Waals surface area contributed by atoms with Crippen LogP contribution in [0.5, 0.6) is 0 Å². The minimum absolute atomic E-state index is 0.0964. The van der Waals surface area contributed by atoms with E-state index in [4.69, 9.17) is 5.73 Å². The highest BCUT2D eigenvalue weighted by molar-refractivity contribution is 8.02. The van der Waals surface area contributed by atoms with Gasteiger partial charge in [0.1, 0.15) is 17.1 Å². The van der Waals surface area contributed by atoms with Crippen LogP contribution >= 0.6 is 34.9 Å². The summed E-state index contributed by atoms with van der Waals surface area (Å²) in [7, 11) is 0. The smallest absolute Gasteiger partial charge is 0.352 e. The predicted octanol–water partition coefficient (Wildman–Crippen LogP) is 1.97. The van der Waals surface area contributed by atoms with Gasteiger partial charge in [-0.05, 0) is 17.7 Å². The topological polar surface area (TPSA) is 96.5 Å². The summed E-state index contributed by atoms with van der Waals surface area (Å²) in [5.74, 6) is -0.311. The Kier molecular flexibility index (Phi) is 4.03. The number of fused-ring (bicyclic) bond motifs is 2. The molecule has 3 N–H and O–H groups in total. The molecule has 1 fully saturated rings. The first-order chi connectivity index (χ1) is 11.6. The lowest BCUT2D eigenvalue weighted by molar-refractivity contribution is -0.147. The number of hydrogen-bond acceptors (Lipinski definition) is 7. The van der Waals surface area contributed by atoms with E-state index in [0.717, 1.165) is 20.1 Å². The van der Waals surface area contributed by atoms with Crippen LogP contribution in [0.15, 0.2) is 39.9 Å². The van der Waals surface area contributed by atoms with E-state index in [1.807, 2.05) is 24.3 Å². The van der Waals surface area contributed by atoms with Crippen molar-refractivity contribution in [1.82, 2.24) is 9.88 Å². The number of rotatable bonds is 4. The Balaban J connectivity index is 1.58. The number of aliphatic carboxylic acids is 1. The number of nitrogens with zero attached hydrogens (tertiary/aromatic N) is 2. The molecule has 0 aliphatic carbocycles. The molecule has 0 spiro atoms. The molecule has 6 nitrogen and oxygen atoms in total. The van der Waals surface area contributed by atoms with E-state index in [-0.39, 0.29) is 17.0 Å². The molecule has 124 valence electrons. The zero-order valence-electron chi connectivity index (χ0n) is 12.3. The summed E-state index contributed by atoms with van der Waals surface area (Å²) in [5.41, 5.74) is 7.54. The second-order valence-corrected chi connectivity index (χ2v) is 8.79. The summed E-state index contributed by atoms with van der Waals surface area (Å²) < 4.78 is 2.00. The number of hydrogen-bond donors (Lipinski definition) is 2. The van der Waals surface area contributed by atoms with Crippen LogP contribution in [-0.2, 0) is 9.59 Å². The summed E-state index contributed by atoms with van der Waals surface area (Å²) >= 11 is 4.62. The van der Waals surface area contributed by atoms with Crippen molar-refractivity contribution in [2.24, 2.45) is 5.73 Å². The van der Waals surface area contributed by atoms with Gasteiger partial charge in [-0.2, -0.15) is 0 Å². The number of carboxylic acid groups (broad SMARTS) is 1. The molecule has 1 amide bonds. The maximum absolute atomic E-state index is 11.9. The fraction of sp³-hybridized carbons (Fsp3) is 0.267. The van der Waals surface area contributed by atoms with Gasteiger partial charge in [0.2, 0.25) is 5.91 Å². The number of thioether (sulfide) groups is 2. The van der Waals surface area contributed by atoms with Gasteiger partial charge < -0.3 is 10.8 Å². The highest BCUT2D eigenvalue weighted by Gasteiger charge is 2.51. The molecule has 0 saturated carbocycles. The maximum atomic E-state index is 11.9. The van der Waals surface area contributed by atoms with Crippen LogP contribution in [0.3, 0.4) is 0 Å². The lowest BCUT2D eigenvalue weighted by Gasteiger charge is -2.48. The maximum Gasteiger partial charge on any atom is 0.352 e. The number of para-hydroxylation sites is 1. The van der Waals surface area contributed by atoms with E-state index in [0.29, 0.717) is 11.5 Å². The first-order valence-electron chi connectivity index (χ1n) is 7.20. The molecular formula is C15H13N3O3S3. The standard InChI is InChI=1S/C15H13N3O3S3/c16-10-12(19)18-11(14(20)21)7(5-22-13(10)18)6-23-15-17-8-3-1-2-4-9(8)24-15/h1-4,10,13H,5-6,16H2,(H,20,21)/t10?,13-/m0/s1. The first-order valence-corrected chi connectivity index (χ1v) is 10.1. The molecule has 0 radical (unpaired) electrons. The second-order valence-electron chi connectivity index (χ2n) is 5.43. The molecule has 1 unspecified atom stereocenters. The molecule has 2 atom stereocenters. The van der Waals surface area contributed by atoms with Gasteiger partial charge in [-0.3, -0.25) is 9.69 Å². The van der Waals surface area contributed by atoms with Crippen molar-refractivity contribution in [3.8, 4) is 0 Å². The summed E-state index contributed by atoms with van der Waals surface area (Å²) in [4.78, 5) is 29.4. The van der Waals surface area contributed by atoms with Gasteiger partial charge in [-0.25, -0.2) is 9.78 Å². The first kappa shape index (κ1) is 15.9. The van der Waals surface area contributed by atoms with Crippen molar-refractivity contribution in [3.05, 3.63) is 35.5 Å². The quantitative estimate of drug-likeness (QED) is 0.619. The third-order valence-corrected chi connectivity index (χ3v) is 7.56. The van der Waals surface area contributed by atoms with Crippen LogP contribution in [-0.4, -0.2) is 49.8 Å². The molecule has 1 aromatic carbocycles. The van der Waals surface area contributed by atoms with E-state index in [2.05, 4.69) is 4.98 Å². The van der Waals surface area contributed by atoms with E-state index < -0.39 is 12.0 Å². The molecule has 3 heterocycles. The highest BCUT2D eigenvalue weighted by atomic mass is 32.2. The SMILES string of the molecule is NC1C(=O)N2C(C(=O)O)=C(CSc3nc4ccccc4s3)CS[C@@H]12. The molecule has 2 aromatic rings. The van der Waals surface area contributed by atoms with E-state index >= 15 is 0 Å². The van der Waals surface area contributed by atoms with Gasteiger partial charge in [0.05, 0.1) is 10.2 Å². The third kappa shape index (κ3) is 2.52. The zero-order valence-corrected chi connectivity index (χ0v) is 14.8. The summed E-state index contributed by atoms with van der Waals surface area (Å²) in [5, 5.41) is 9.27. The molecule has 9 heteroatoms. The Labute approximate surface area is 150 Å². The fourth-order valence-electron chi connectivity index (χ4n) is 2.75. The van der Waals surface area contributed by atoms with Crippen LogP contribution in [0.25, 0.3) is 10.2 Å². The number of aromatic nitrogens is 1. The predicted molar refractivity (Wildman–Crippen MR) is 96.1 cm³/mol. The van der Waals surface area contributed by atoms with Crippen LogP contribution in [0.4, 0.5) is 0 Å². The van der Waals surface area contributed by atoms with Gasteiger partial charge in [0.25, 0.3) is 0 Å². The van der Waals surface area contributed by atoms with Crippen molar-refractivity contribution in [2.45, 2.75) is 15.8 Å². The largest absolute Gasteiger partial charge is 0.477 e. The molecule has 4 rings (SSSR count). The number of carbonyl (C=O) groups excluding carboxylic acids is 1. The van der Waals surface area contributed by atoms with Crippen molar-refractivity contribution in [1.29, 1.82) is 0 Å². The van der Waals surface area contributed by atoms with Gasteiger partial charge in [-0.15, -0.1) is 23.1 Å². The van der Waals surface area contributed by atoms with E-state index in [1.165, 1.54) is 28.4 Å². The lowest BCUT2D eigenvalue weighted by atomic mass is 10.0. The second kappa shape index (κ2) is 6.07. The number of nitrogens with two attached hydrogens (primary N) is 1. The van der Waals surface area contributed by atoms with Crippen LogP contribution in [0.1, 0.15) is 0 Å². The highest BCUT2D eigenvalue weighted by Crippen LogP contribution is 2.41. The number of β-lactam (4-membered cyclic amide) rings is 1. The Morgan fingerprint density at radius 3 is 3.00 bits per heavy atom. The zero-order chi connectivity index (χ0) is 16.8. The van der Waals surface area contributed by atoms with Gasteiger partial charge in [0, 0.05) is 11.5 Å². The summed E-state index contributed by atoms with van der Waals surface area (Å²) in [6.45, 7) is 0. The number of carboxylic acids is 1. The molecular weight excluding hydrogens is 366 g/mol. The van der Waals surface area contributed by atoms with Gasteiger partial charge in [0.15, 0.2) is 4.34 Å². The normalized spacial score (nSPS) is 23.4. The Morgan fingerprint density at radius 2 is 2.25 bits per heavy atom. The minimum atomic E-state index is -1.07. The van der Waals surface area contributed by atoms with E-state index in [9.17, 15) is 14.7 Å². The number of benzene rings is 1. The van der Waals surface area contributed by atoms with Crippen molar-refractivity contribution in [3.63, 3.8) is 0 Å². The fourth-order valence-corrected chi connectivity index (χ4v) is 6.25. The molecule has 1 saturated heterocycles. The average molecular weight is 379 g/mol. The summed E-state index contributed by atoms with van der Waals surface area (Å²) in [6, 6.07) is 7.29. The monoisotopic (exact) mass is 379 g/mol. The van der Waals surface area contributed by atoms with Gasteiger partial charge in [-0.1, -0.05) is 23.9 Å². The Hall–Kier alpha value is -1.55.